The second kappa shape index (κ2) is 10.5. The predicted molar refractivity (Wildman–Crippen MR) is 164 cm³/mol. The first kappa shape index (κ1) is 29.0. The Morgan fingerprint density at radius 3 is 2.59 bits per heavy atom. The summed E-state index contributed by atoms with van der Waals surface area (Å²) in [7, 11) is 0. The molecular weight excluding hydrogens is 599 g/mol. The van der Waals surface area contributed by atoms with Gasteiger partial charge in [0.05, 0.1) is 17.4 Å². The first-order chi connectivity index (χ1) is 22.2. The number of nitrogens with zero attached hydrogens (tertiary/aromatic N) is 4. The van der Waals surface area contributed by atoms with E-state index in [1.54, 1.807) is 23.1 Å². The van der Waals surface area contributed by atoms with Crippen molar-refractivity contribution in [1.29, 1.82) is 0 Å². The number of aromatic hydroxyl groups is 1. The molecule has 2 N–H and O–H groups in total. The minimum Gasteiger partial charge on any atom is -0.508 e. The molecule has 1 aromatic heterocycles. The minimum atomic E-state index is -0.959. The van der Waals surface area contributed by atoms with E-state index in [0.29, 0.717) is 52.5 Å². The largest absolute Gasteiger partial charge is 0.508 e. The Labute approximate surface area is 262 Å². The zero-order valence-electron chi connectivity index (χ0n) is 25.2. The predicted octanol–water partition coefficient (Wildman–Crippen LogP) is 4.66. The standard InChI is InChI=1S/C34H32F3N5O4/c1-2-20-26(36)7-4-17-10-19(43)11-23(27(17)20)21-5-6-22-29(28(21)37)38-33(46-16-34-8-3-9-42(34)13-18(35)12-34)39-30(22)41-14-24-25(15-41)32(45)40-31(24)44/h4-7,10-11,18,24-25,43H,2-3,8-9,12-16H2,1H3,(H,40,44,45)/t18-,24?,25?,34+/m1/s1. The van der Waals surface area contributed by atoms with Crippen LogP contribution in [0.3, 0.4) is 0 Å². The Morgan fingerprint density at radius 2 is 1.83 bits per heavy atom. The Hall–Kier alpha value is -4.45. The van der Waals surface area contributed by atoms with Gasteiger partial charge in [-0.05, 0) is 72.0 Å². The van der Waals surface area contributed by atoms with Gasteiger partial charge < -0.3 is 14.7 Å². The number of rotatable bonds is 6. The molecule has 4 saturated heterocycles. The Morgan fingerprint density at radius 1 is 1.04 bits per heavy atom. The zero-order valence-corrected chi connectivity index (χ0v) is 25.2. The van der Waals surface area contributed by atoms with Crippen molar-refractivity contribution in [1.82, 2.24) is 20.2 Å². The number of carbonyl (C=O) groups is 2. The highest BCUT2D eigenvalue weighted by atomic mass is 19.1. The second-order valence-electron chi connectivity index (χ2n) is 13.0. The fraction of sp³-hybridized carbons (Fsp3) is 0.412. The molecule has 4 aromatic rings. The van der Waals surface area contributed by atoms with Crippen molar-refractivity contribution in [3.05, 3.63) is 53.6 Å². The van der Waals surface area contributed by atoms with E-state index in [-0.39, 0.29) is 54.4 Å². The van der Waals surface area contributed by atoms with Crippen LogP contribution in [0.4, 0.5) is 19.0 Å². The molecule has 4 atom stereocenters. The van der Waals surface area contributed by atoms with E-state index in [9.17, 15) is 23.5 Å². The molecule has 2 unspecified atom stereocenters. The number of hydrogen-bond acceptors (Lipinski definition) is 8. The summed E-state index contributed by atoms with van der Waals surface area (Å²) >= 11 is 0. The van der Waals surface area contributed by atoms with Crippen molar-refractivity contribution in [2.24, 2.45) is 11.8 Å². The lowest BCUT2D eigenvalue weighted by Crippen LogP contribution is -2.43. The van der Waals surface area contributed by atoms with Crippen LogP contribution in [0.1, 0.15) is 31.7 Å². The SMILES string of the molecule is CCc1c(F)ccc2cc(O)cc(-c3ccc4c(N5CC6C(=O)NC(=O)C6C5)nc(OC[C@@]56CCCN5C[C@H](F)C6)nc4c3F)c12. The van der Waals surface area contributed by atoms with Crippen LogP contribution in [0.15, 0.2) is 36.4 Å². The number of halogens is 3. The average Bonchev–Trinajstić information content (AvgIpc) is 3.77. The highest BCUT2D eigenvalue weighted by Crippen LogP contribution is 2.43. The van der Waals surface area contributed by atoms with Crippen LogP contribution in [0, 0.1) is 23.5 Å². The number of benzene rings is 3. The Kier molecular flexibility index (Phi) is 6.65. The maximum atomic E-state index is 16.8. The smallest absolute Gasteiger partial charge is 0.319 e. The third kappa shape index (κ3) is 4.40. The fourth-order valence-electron chi connectivity index (χ4n) is 8.16. The summed E-state index contributed by atoms with van der Waals surface area (Å²) in [4.78, 5) is 38.0. The topological polar surface area (TPSA) is 108 Å². The number of fused-ring (bicyclic) bond motifs is 4. The maximum Gasteiger partial charge on any atom is 0.319 e. The molecule has 4 fully saturated rings. The van der Waals surface area contributed by atoms with Crippen LogP contribution < -0.4 is 15.0 Å². The van der Waals surface area contributed by atoms with Crippen molar-refractivity contribution < 1.29 is 32.6 Å². The molecule has 4 aliphatic rings. The summed E-state index contributed by atoms with van der Waals surface area (Å²) in [5.74, 6) is -2.74. The number of anilines is 1. The first-order valence-corrected chi connectivity index (χ1v) is 15.7. The number of hydrogen-bond donors (Lipinski definition) is 2. The van der Waals surface area contributed by atoms with E-state index in [0.717, 1.165) is 19.4 Å². The van der Waals surface area contributed by atoms with Gasteiger partial charge in [-0.25, -0.2) is 13.2 Å². The third-order valence-electron chi connectivity index (χ3n) is 10.3. The van der Waals surface area contributed by atoms with E-state index in [4.69, 9.17) is 4.74 Å². The van der Waals surface area contributed by atoms with E-state index in [2.05, 4.69) is 20.2 Å². The highest BCUT2D eigenvalue weighted by molar-refractivity contribution is 6.07. The Bertz CT molecular complexity index is 1930. The van der Waals surface area contributed by atoms with Gasteiger partial charge in [-0.3, -0.25) is 19.8 Å². The normalized spacial score (nSPS) is 25.9. The van der Waals surface area contributed by atoms with Crippen LogP contribution in [0.5, 0.6) is 11.8 Å². The number of phenolic OH excluding ortho intramolecular Hbond substituents is 1. The quantitative estimate of drug-likeness (QED) is 0.296. The number of imide groups is 1. The summed E-state index contributed by atoms with van der Waals surface area (Å²) in [5.41, 5.74) is 0.260. The molecule has 8 rings (SSSR count). The maximum absolute atomic E-state index is 16.8. The molecule has 5 heterocycles. The van der Waals surface area contributed by atoms with Crippen molar-refractivity contribution in [3.63, 3.8) is 0 Å². The molecule has 9 nitrogen and oxygen atoms in total. The van der Waals surface area contributed by atoms with Crippen molar-refractivity contribution >= 4 is 39.3 Å². The number of aromatic nitrogens is 2. The molecular formula is C34H32F3N5O4. The molecule has 3 aromatic carbocycles. The second-order valence-corrected chi connectivity index (χ2v) is 13.0. The average molecular weight is 632 g/mol. The number of amides is 2. The molecule has 238 valence electrons. The number of aryl methyl sites for hydroxylation is 1. The highest BCUT2D eigenvalue weighted by Gasteiger charge is 2.50. The van der Waals surface area contributed by atoms with Gasteiger partial charge in [-0.2, -0.15) is 9.97 Å². The lowest BCUT2D eigenvalue weighted by atomic mass is 9.92. The monoisotopic (exact) mass is 631 g/mol. The first-order valence-electron chi connectivity index (χ1n) is 15.7. The van der Waals surface area contributed by atoms with Gasteiger partial charge in [0.2, 0.25) is 11.8 Å². The van der Waals surface area contributed by atoms with Crippen LogP contribution in [-0.4, -0.2) is 76.3 Å². The lowest BCUT2D eigenvalue weighted by molar-refractivity contribution is -0.126. The van der Waals surface area contributed by atoms with Gasteiger partial charge in [0, 0.05) is 37.0 Å². The van der Waals surface area contributed by atoms with Crippen LogP contribution in [-0.2, 0) is 16.0 Å². The number of phenols is 1. The summed E-state index contributed by atoms with van der Waals surface area (Å²) in [6.07, 6.45) is 1.41. The molecule has 0 saturated carbocycles. The van der Waals surface area contributed by atoms with Crippen LogP contribution >= 0.6 is 0 Å². The summed E-state index contributed by atoms with van der Waals surface area (Å²) in [6, 6.07) is 8.92. The van der Waals surface area contributed by atoms with Crippen molar-refractivity contribution in [3.8, 4) is 22.9 Å². The molecule has 2 amide bonds. The van der Waals surface area contributed by atoms with Gasteiger partial charge in [0.1, 0.15) is 35.7 Å². The molecule has 0 spiro atoms. The van der Waals surface area contributed by atoms with Crippen molar-refractivity contribution in [2.75, 3.05) is 37.7 Å². The van der Waals surface area contributed by atoms with E-state index < -0.39 is 35.2 Å². The summed E-state index contributed by atoms with van der Waals surface area (Å²) in [5, 5.41) is 14.3. The van der Waals surface area contributed by atoms with E-state index >= 15 is 4.39 Å². The number of nitrogens with one attached hydrogen (secondary N) is 1. The third-order valence-corrected chi connectivity index (χ3v) is 10.3. The molecule has 0 bridgehead atoms. The minimum absolute atomic E-state index is 0.0631. The molecule has 0 aliphatic carbocycles. The zero-order chi connectivity index (χ0) is 31.9. The number of ether oxygens (including phenoxy) is 1. The lowest BCUT2D eigenvalue weighted by Gasteiger charge is -2.31. The molecule has 12 heteroatoms. The summed E-state index contributed by atoms with van der Waals surface area (Å²) in [6.45, 7) is 3.46. The molecule has 46 heavy (non-hydrogen) atoms. The Balaban J connectivity index is 1.27. The molecule has 0 radical (unpaired) electrons. The van der Waals surface area contributed by atoms with E-state index in [1.807, 2.05) is 6.92 Å². The molecule has 4 aliphatic heterocycles. The van der Waals surface area contributed by atoms with Gasteiger partial charge in [0.15, 0.2) is 5.82 Å². The fourth-order valence-corrected chi connectivity index (χ4v) is 8.16. The van der Waals surface area contributed by atoms with Crippen LogP contribution in [0.2, 0.25) is 0 Å². The van der Waals surface area contributed by atoms with E-state index in [1.165, 1.54) is 18.2 Å². The number of alkyl halides is 1. The number of carbonyl (C=O) groups excluding carboxylic acids is 2. The van der Waals surface area contributed by atoms with Crippen LogP contribution in [0.25, 0.3) is 32.8 Å². The van der Waals surface area contributed by atoms with Gasteiger partial charge in [-0.1, -0.05) is 19.1 Å². The van der Waals surface area contributed by atoms with Gasteiger partial charge in [0.25, 0.3) is 0 Å². The van der Waals surface area contributed by atoms with Gasteiger partial charge >= 0.3 is 6.01 Å². The van der Waals surface area contributed by atoms with Crippen molar-refractivity contribution in [2.45, 2.75) is 44.3 Å². The van der Waals surface area contributed by atoms with Gasteiger partial charge in [-0.15, -0.1) is 0 Å². The summed E-state index contributed by atoms with van der Waals surface area (Å²) < 4.78 is 52.4.